The van der Waals surface area contributed by atoms with Crippen molar-refractivity contribution in [2.75, 3.05) is 26.4 Å². The highest BCUT2D eigenvalue weighted by Crippen LogP contribution is 2.42. The zero-order valence-corrected chi connectivity index (χ0v) is 17.7. The highest BCUT2D eigenvalue weighted by molar-refractivity contribution is 7.95. The molecule has 4 N–H and O–H groups in total. The van der Waals surface area contributed by atoms with Crippen molar-refractivity contribution in [2.24, 2.45) is 0 Å². The van der Waals surface area contributed by atoms with Gasteiger partial charge in [-0.05, 0) is 19.9 Å². The summed E-state index contributed by atoms with van der Waals surface area (Å²) in [4.78, 5) is 16.1. The van der Waals surface area contributed by atoms with Gasteiger partial charge in [0.25, 0.3) is 5.91 Å². The minimum atomic E-state index is -3.49. The van der Waals surface area contributed by atoms with Gasteiger partial charge < -0.3 is 14.6 Å². The van der Waals surface area contributed by atoms with Gasteiger partial charge in [0, 0.05) is 17.7 Å². The molecule has 3 atom stereocenters. The first-order chi connectivity index (χ1) is 13.2. The number of rotatable bonds is 10. The molecule has 0 aliphatic carbocycles. The predicted octanol–water partition coefficient (Wildman–Crippen LogP) is 0.132. The maximum Gasteiger partial charge on any atom is 0.287 e. The molecule has 1 amide bonds. The van der Waals surface area contributed by atoms with Crippen LogP contribution in [0.2, 0.25) is 0 Å². The van der Waals surface area contributed by atoms with E-state index in [0.717, 1.165) is 11.3 Å². The third-order valence-electron chi connectivity index (χ3n) is 3.94. The van der Waals surface area contributed by atoms with Crippen LogP contribution in [0.25, 0.3) is 0 Å². The van der Waals surface area contributed by atoms with Crippen molar-refractivity contribution in [2.45, 2.75) is 40.0 Å². The molecule has 0 bridgehead atoms. The summed E-state index contributed by atoms with van der Waals surface area (Å²) in [6.07, 6.45) is 0.424. The summed E-state index contributed by atoms with van der Waals surface area (Å²) < 4.78 is 45.2. The second-order valence-electron chi connectivity index (χ2n) is 5.94. The van der Waals surface area contributed by atoms with Crippen LogP contribution in [0.1, 0.15) is 31.9 Å². The van der Waals surface area contributed by atoms with E-state index in [2.05, 4.69) is 14.9 Å². The molecule has 0 fully saturated rings. The molecule has 2 heterocycles. The van der Waals surface area contributed by atoms with Crippen LogP contribution in [-0.4, -0.2) is 66.3 Å². The molecule has 2 unspecified atom stereocenters. The number of amides is 1. The average Bonchev–Trinajstić information content (AvgIpc) is 3.06. The number of ether oxygens (including phenoxy) is 1. The van der Waals surface area contributed by atoms with Gasteiger partial charge in [-0.15, -0.1) is 0 Å². The Balaban J connectivity index is 2.00. The lowest BCUT2D eigenvalue weighted by Crippen LogP contribution is -2.33. The van der Waals surface area contributed by atoms with Gasteiger partial charge >= 0.3 is 0 Å². The summed E-state index contributed by atoms with van der Waals surface area (Å²) in [6.45, 7) is 3.49. The molecule has 0 saturated carbocycles. The van der Waals surface area contributed by atoms with Gasteiger partial charge in [0.15, 0.2) is 9.84 Å². The van der Waals surface area contributed by atoms with E-state index in [0.29, 0.717) is 18.5 Å². The Bertz CT molecular complexity index is 770. The number of hydrogen-bond donors (Lipinski definition) is 4. The van der Waals surface area contributed by atoms with E-state index in [1.54, 1.807) is 13.0 Å². The molecule has 14 heteroatoms. The fourth-order valence-corrected chi connectivity index (χ4v) is 7.35. The molecule has 0 saturated heterocycles. The fourth-order valence-electron chi connectivity index (χ4n) is 2.66. The van der Waals surface area contributed by atoms with Gasteiger partial charge in [0.2, 0.25) is 4.21 Å². The third kappa shape index (κ3) is 5.85. The van der Waals surface area contributed by atoms with Crippen LogP contribution in [0.15, 0.2) is 14.5 Å². The zero-order chi connectivity index (χ0) is 20.9. The third-order valence-corrected chi connectivity index (χ3v) is 9.23. The highest BCUT2D eigenvalue weighted by Gasteiger charge is 2.40. The Morgan fingerprint density at radius 1 is 1.46 bits per heavy atom. The van der Waals surface area contributed by atoms with E-state index in [4.69, 9.17) is 15.2 Å². The van der Waals surface area contributed by atoms with Crippen LogP contribution < -0.4 is 10.0 Å². The van der Waals surface area contributed by atoms with Gasteiger partial charge in [0.1, 0.15) is 22.2 Å². The lowest BCUT2D eigenvalue weighted by molar-refractivity contribution is -0.493. The van der Waals surface area contributed by atoms with Gasteiger partial charge in [0.05, 0.1) is 23.9 Å². The first-order valence-corrected chi connectivity index (χ1v) is 11.9. The number of hydrogen-bond acceptors (Lipinski definition) is 11. The number of thiophene rings is 1. The van der Waals surface area contributed by atoms with Crippen molar-refractivity contribution in [3.05, 3.63) is 11.6 Å². The van der Waals surface area contributed by atoms with Crippen LogP contribution in [0.4, 0.5) is 0 Å². The van der Waals surface area contributed by atoms with Crippen LogP contribution >= 0.6 is 11.3 Å². The van der Waals surface area contributed by atoms with Crippen molar-refractivity contribution in [3.63, 3.8) is 0 Å². The maximum absolute atomic E-state index is 12.6. The lowest BCUT2D eigenvalue weighted by atomic mass is 10.1. The summed E-state index contributed by atoms with van der Waals surface area (Å²) in [5, 5.41) is 18.9. The van der Waals surface area contributed by atoms with Crippen molar-refractivity contribution >= 4 is 38.4 Å². The van der Waals surface area contributed by atoms with Crippen LogP contribution in [-0.2, 0) is 35.6 Å². The largest absolute Gasteiger partial charge is 0.587 e. The van der Waals surface area contributed by atoms with Crippen molar-refractivity contribution < 1.29 is 37.8 Å². The fraction of sp³-hybridized carbons (Fsp3) is 0.643. The lowest BCUT2D eigenvalue weighted by Gasteiger charge is -2.27. The average molecular weight is 458 g/mol. The Labute approximate surface area is 169 Å². The Kier molecular flexibility index (Phi) is 8.62. The molecular formula is C14H23N3O8S3. The van der Waals surface area contributed by atoms with E-state index in [1.807, 2.05) is 6.92 Å². The minimum absolute atomic E-state index is 0.106. The number of carbonyl (C=O) groups excluding carboxylic acids is 1. The molecule has 1 aliphatic heterocycles. The topological polar surface area (TPSA) is 160 Å². The van der Waals surface area contributed by atoms with Crippen molar-refractivity contribution in [1.82, 2.24) is 15.4 Å². The first kappa shape index (κ1) is 23.5. The molecule has 28 heavy (non-hydrogen) atoms. The molecule has 1 aliphatic rings. The van der Waals surface area contributed by atoms with E-state index in [9.17, 15) is 17.8 Å². The van der Waals surface area contributed by atoms with Crippen molar-refractivity contribution in [1.29, 1.82) is 0 Å². The summed E-state index contributed by atoms with van der Waals surface area (Å²) in [6, 6.07) is 1.40. The summed E-state index contributed by atoms with van der Waals surface area (Å²) in [7, 11) is -3.49. The molecule has 0 radical (unpaired) electrons. The van der Waals surface area contributed by atoms with Gasteiger partial charge in [-0.3, -0.25) is 15.2 Å². The SMILES string of the molecule is CCN[C@H]1CC(C)S(=O)(=O)c2sc([S+]([O-])NC(=O)COCCON(O)O)cc21. The Morgan fingerprint density at radius 3 is 2.82 bits per heavy atom. The van der Waals surface area contributed by atoms with E-state index in [1.165, 1.54) is 0 Å². The second kappa shape index (κ2) is 10.3. The van der Waals surface area contributed by atoms with Gasteiger partial charge in [-0.1, -0.05) is 18.3 Å². The Hall–Kier alpha value is -0.810. The summed E-state index contributed by atoms with van der Waals surface area (Å²) in [5.41, 5.74) is 0.577. The zero-order valence-electron chi connectivity index (χ0n) is 15.3. The minimum Gasteiger partial charge on any atom is -0.587 e. The number of carbonyl (C=O) groups is 1. The molecule has 2 rings (SSSR count). The molecule has 1 aromatic rings. The van der Waals surface area contributed by atoms with E-state index >= 15 is 0 Å². The standard InChI is InChI=1S/C14H23N3O8S3/c1-3-15-11-6-9(2)28(22,23)14-10(11)7-13(26-14)27(21)16-12(18)8-24-4-5-25-17(19)20/h7,9,11,15,19-20H,3-6,8H2,1-2H3,(H,16,18)/t9?,11-,27?/m0/s1. The second-order valence-corrected chi connectivity index (χ2v) is 11.0. The van der Waals surface area contributed by atoms with Crippen molar-refractivity contribution in [3.8, 4) is 0 Å². The normalized spacial score (nSPS) is 22.1. The molecule has 11 nitrogen and oxygen atoms in total. The molecular weight excluding hydrogens is 434 g/mol. The number of sulfone groups is 1. The van der Waals surface area contributed by atoms with Gasteiger partial charge in [-0.2, -0.15) is 4.72 Å². The molecule has 160 valence electrons. The molecule has 0 aromatic carbocycles. The predicted molar refractivity (Wildman–Crippen MR) is 98.7 cm³/mol. The first-order valence-electron chi connectivity index (χ1n) is 8.37. The summed E-state index contributed by atoms with van der Waals surface area (Å²) >= 11 is -1.03. The number of nitrogens with zero attached hydrogens (tertiary/aromatic N) is 1. The van der Waals surface area contributed by atoms with E-state index < -0.39 is 44.4 Å². The number of fused-ring (bicyclic) bond motifs is 1. The van der Waals surface area contributed by atoms with Gasteiger partial charge in [-0.25, -0.2) is 13.3 Å². The summed E-state index contributed by atoms with van der Waals surface area (Å²) in [5.74, 6) is -0.672. The molecule has 1 aromatic heterocycles. The maximum atomic E-state index is 12.6. The molecule has 0 spiro atoms. The van der Waals surface area contributed by atoms with Crippen LogP contribution in [0.3, 0.4) is 0 Å². The van der Waals surface area contributed by atoms with Crippen LogP contribution in [0.5, 0.6) is 0 Å². The monoisotopic (exact) mass is 457 g/mol. The Morgan fingerprint density at radius 2 is 2.18 bits per heavy atom. The van der Waals surface area contributed by atoms with Crippen LogP contribution in [0, 0.1) is 0 Å². The van der Waals surface area contributed by atoms with E-state index in [-0.39, 0.29) is 27.7 Å². The smallest absolute Gasteiger partial charge is 0.287 e. The highest BCUT2D eigenvalue weighted by atomic mass is 32.3. The number of nitrogens with one attached hydrogen (secondary N) is 2. The quantitative estimate of drug-likeness (QED) is 0.216.